The third-order valence-corrected chi connectivity index (χ3v) is 12.1. The van der Waals surface area contributed by atoms with Crippen molar-refractivity contribution >= 4 is 17.4 Å². The Hall–Kier alpha value is -3.70. The number of rotatable bonds is 12. The van der Waals surface area contributed by atoms with E-state index in [4.69, 9.17) is 0 Å². The molecule has 2 aromatic rings. The van der Waals surface area contributed by atoms with Crippen molar-refractivity contribution in [2.75, 3.05) is 31.1 Å². The summed E-state index contributed by atoms with van der Waals surface area (Å²) in [7, 11) is 0. The van der Waals surface area contributed by atoms with Gasteiger partial charge in [0.15, 0.2) is 5.71 Å². The molecule has 2 aromatic carbocycles. The number of carbonyl (C=O) groups is 1. The van der Waals surface area contributed by atoms with E-state index >= 15 is 0 Å². The molecule has 1 unspecified atom stereocenters. The Bertz CT molecular complexity index is 1790. The molecule has 5 nitrogen and oxygen atoms in total. The van der Waals surface area contributed by atoms with E-state index in [9.17, 15) is 9.90 Å². The summed E-state index contributed by atoms with van der Waals surface area (Å²) >= 11 is 0. The molecule has 2 aliphatic heterocycles. The van der Waals surface area contributed by atoms with Gasteiger partial charge in [0, 0.05) is 58.9 Å². The van der Waals surface area contributed by atoms with E-state index in [0.717, 1.165) is 45.4 Å². The monoisotopic (exact) mass is 660 g/mol. The van der Waals surface area contributed by atoms with Gasteiger partial charge in [-0.15, -0.1) is 0 Å². The molecule has 0 amide bonds. The average molecular weight is 661 g/mol. The van der Waals surface area contributed by atoms with E-state index in [1.807, 2.05) is 0 Å². The molecule has 0 saturated carbocycles. The molecule has 2 heterocycles. The molecule has 0 bridgehead atoms. The van der Waals surface area contributed by atoms with Crippen molar-refractivity contribution in [3.63, 3.8) is 0 Å². The van der Waals surface area contributed by atoms with E-state index < -0.39 is 5.97 Å². The van der Waals surface area contributed by atoms with Crippen molar-refractivity contribution in [1.29, 1.82) is 0 Å². The maximum atomic E-state index is 11.2. The minimum absolute atomic E-state index is 0.0473. The SMILES string of the molecule is CCN(CC)C1C=CC2=C(C1)C(C)(C)C(/C=C/C=C1/N(CCCCCC(=O)O)c3cc4c(cc3C1(C)C)-c1ccccc1C4(C)C)=[N+]2CC. The number of allylic oxidation sites excluding steroid dienone is 5. The van der Waals surface area contributed by atoms with Crippen molar-refractivity contribution in [2.45, 2.75) is 111 Å². The van der Waals surface area contributed by atoms with Gasteiger partial charge in [-0.2, -0.15) is 4.58 Å². The Morgan fingerprint density at radius 2 is 1.65 bits per heavy atom. The second-order valence-corrected chi connectivity index (χ2v) is 15.9. The van der Waals surface area contributed by atoms with Crippen LogP contribution in [0, 0.1) is 5.41 Å². The van der Waals surface area contributed by atoms with Crippen molar-refractivity contribution in [3.05, 3.63) is 100 Å². The molecule has 4 aliphatic rings. The van der Waals surface area contributed by atoms with Crippen LogP contribution in [0.3, 0.4) is 0 Å². The van der Waals surface area contributed by atoms with Crippen LogP contribution < -0.4 is 4.90 Å². The molecule has 1 atom stereocenters. The van der Waals surface area contributed by atoms with Crippen LogP contribution in [0.25, 0.3) is 11.1 Å². The normalized spacial score (nSPS) is 22.0. The molecule has 0 spiro atoms. The maximum absolute atomic E-state index is 11.2. The Morgan fingerprint density at radius 1 is 0.918 bits per heavy atom. The topological polar surface area (TPSA) is 46.8 Å². The number of carboxylic acids is 1. The van der Waals surface area contributed by atoms with E-state index in [0.29, 0.717) is 12.5 Å². The van der Waals surface area contributed by atoms with Gasteiger partial charge in [-0.25, -0.2) is 0 Å². The fourth-order valence-corrected chi connectivity index (χ4v) is 9.27. The number of unbranched alkanes of at least 4 members (excludes halogenated alkanes) is 2. The zero-order valence-electron chi connectivity index (χ0n) is 31.5. The van der Waals surface area contributed by atoms with Gasteiger partial charge in [0.1, 0.15) is 6.54 Å². The Kier molecular flexibility index (Phi) is 9.47. The zero-order chi connectivity index (χ0) is 35.3. The van der Waals surface area contributed by atoms with Gasteiger partial charge in [0.05, 0.1) is 5.41 Å². The van der Waals surface area contributed by atoms with Crippen LogP contribution in [0.4, 0.5) is 5.69 Å². The van der Waals surface area contributed by atoms with Gasteiger partial charge in [0.25, 0.3) is 0 Å². The summed E-state index contributed by atoms with van der Waals surface area (Å²) in [4.78, 5) is 16.3. The maximum Gasteiger partial charge on any atom is 0.303 e. The highest BCUT2D eigenvalue weighted by molar-refractivity contribution is 6.00. The van der Waals surface area contributed by atoms with Gasteiger partial charge in [0.2, 0.25) is 5.70 Å². The van der Waals surface area contributed by atoms with E-state index in [1.165, 1.54) is 50.6 Å². The highest BCUT2D eigenvalue weighted by Crippen LogP contribution is 2.56. The lowest BCUT2D eigenvalue weighted by Crippen LogP contribution is -2.36. The lowest BCUT2D eigenvalue weighted by molar-refractivity contribution is -0.465. The van der Waals surface area contributed by atoms with E-state index in [2.05, 4.69) is 143 Å². The molecular weight excluding hydrogens is 603 g/mol. The minimum atomic E-state index is -0.709. The summed E-state index contributed by atoms with van der Waals surface area (Å²) in [6.45, 7) is 25.0. The van der Waals surface area contributed by atoms with Crippen LogP contribution >= 0.6 is 0 Å². The fraction of sp³-hybridized carbons (Fsp3) is 0.500. The van der Waals surface area contributed by atoms with Crippen LogP contribution in [0.5, 0.6) is 0 Å². The van der Waals surface area contributed by atoms with E-state index in [-0.39, 0.29) is 22.7 Å². The van der Waals surface area contributed by atoms with Gasteiger partial charge in [-0.05, 0) is 99.1 Å². The lowest BCUT2D eigenvalue weighted by atomic mass is 9.76. The number of carboxylic acid groups (broad SMARTS) is 1. The predicted octanol–water partition coefficient (Wildman–Crippen LogP) is 9.61. The Balaban J connectivity index is 1.36. The molecule has 0 fully saturated rings. The quantitative estimate of drug-likeness (QED) is 0.182. The van der Waals surface area contributed by atoms with Gasteiger partial charge >= 0.3 is 5.97 Å². The molecule has 6 rings (SSSR count). The van der Waals surface area contributed by atoms with Crippen molar-refractivity contribution in [1.82, 2.24) is 4.90 Å². The summed E-state index contributed by atoms with van der Waals surface area (Å²) in [5.41, 5.74) is 13.5. The first kappa shape index (κ1) is 35.1. The fourth-order valence-electron chi connectivity index (χ4n) is 9.27. The highest BCUT2D eigenvalue weighted by Gasteiger charge is 2.48. The molecule has 5 heteroatoms. The van der Waals surface area contributed by atoms with Crippen LogP contribution in [0.1, 0.15) is 111 Å². The number of anilines is 1. The van der Waals surface area contributed by atoms with Crippen LogP contribution in [0.15, 0.2) is 83.7 Å². The third kappa shape index (κ3) is 5.86. The molecule has 1 N–H and O–H groups in total. The van der Waals surface area contributed by atoms with Gasteiger partial charge in [-0.3, -0.25) is 9.69 Å². The first-order valence-corrected chi connectivity index (χ1v) is 18.8. The number of aliphatic carboxylic acids is 1. The van der Waals surface area contributed by atoms with Crippen LogP contribution in [-0.4, -0.2) is 58.5 Å². The minimum Gasteiger partial charge on any atom is -0.481 e. The second-order valence-electron chi connectivity index (χ2n) is 15.9. The van der Waals surface area contributed by atoms with Crippen LogP contribution in [-0.2, 0) is 15.6 Å². The van der Waals surface area contributed by atoms with E-state index in [1.54, 1.807) is 5.57 Å². The summed E-state index contributed by atoms with van der Waals surface area (Å²) in [5.74, 6) is -0.709. The third-order valence-electron chi connectivity index (χ3n) is 12.1. The number of hydrogen-bond acceptors (Lipinski definition) is 3. The number of fused-ring (bicyclic) bond motifs is 4. The molecular formula is C44H58N3O2+. The smallest absolute Gasteiger partial charge is 0.303 e. The summed E-state index contributed by atoms with van der Waals surface area (Å²) in [5, 5.41) is 9.22. The molecule has 49 heavy (non-hydrogen) atoms. The Labute approximate surface area is 295 Å². The zero-order valence-corrected chi connectivity index (χ0v) is 31.5. The largest absolute Gasteiger partial charge is 0.481 e. The van der Waals surface area contributed by atoms with Crippen molar-refractivity contribution < 1.29 is 14.5 Å². The average Bonchev–Trinajstić information content (AvgIpc) is 3.52. The molecule has 0 radical (unpaired) electrons. The number of nitrogens with zero attached hydrogens (tertiary/aromatic N) is 3. The number of benzene rings is 2. The predicted molar refractivity (Wildman–Crippen MR) is 205 cm³/mol. The summed E-state index contributed by atoms with van der Waals surface area (Å²) < 4.78 is 2.53. The molecule has 0 aromatic heterocycles. The summed E-state index contributed by atoms with van der Waals surface area (Å²) in [6.07, 6.45) is 15.7. The molecule has 260 valence electrons. The second kappa shape index (κ2) is 13.2. The molecule has 2 aliphatic carbocycles. The first-order chi connectivity index (χ1) is 23.3. The lowest BCUT2D eigenvalue weighted by Gasteiger charge is -2.31. The Morgan fingerprint density at radius 3 is 2.35 bits per heavy atom. The first-order valence-electron chi connectivity index (χ1n) is 18.8. The number of hydrogen-bond donors (Lipinski definition) is 1. The number of likely N-dealkylation sites (N-methyl/N-ethyl adjacent to an activating group) is 2. The van der Waals surface area contributed by atoms with Gasteiger partial charge < -0.3 is 10.0 Å². The van der Waals surface area contributed by atoms with Crippen LogP contribution in [0.2, 0.25) is 0 Å². The molecule has 0 saturated heterocycles. The summed E-state index contributed by atoms with van der Waals surface area (Å²) in [6, 6.07) is 14.3. The van der Waals surface area contributed by atoms with Crippen molar-refractivity contribution in [3.8, 4) is 11.1 Å². The standard InChI is InChI=1S/C44H57N3O2/c1-10-45(11-2)30-24-25-37-35(27-30)43(6,7)39(46(37)12-3)21-18-22-40-44(8,9)36-28-32-31-19-15-16-20-33(31)42(4,5)34(32)29-38(36)47(40)26-17-13-14-23-41(48)49/h15-16,18-22,24-25,28-30H,10-14,17,23,26-27H2,1-9H3/p+1. The van der Waals surface area contributed by atoms with Crippen molar-refractivity contribution in [2.24, 2.45) is 5.41 Å². The van der Waals surface area contributed by atoms with Gasteiger partial charge in [-0.1, -0.05) is 84.4 Å². The highest BCUT2D eigenvalue weighted by atomic mass is 16.4.